The summed E-state index contributed by atoms with van der Waals surface area (Å²) >= 11 is 0. The van der Waals surface area contributed by atoms with Gasteiger partial charge >= 0.3 is 0 Å². The second kappa shape index (κ2) is 8.63. The minimum Gasteiger partial charge on any atom is -0.317 e. The van der Waals surface area contributed by atoms with E-state index in [0.717, 1.165) is 38.2 Å². The van der Waals surface area contributed by atoms with Gasteiger partial charge in [0.1, 0.15) is 0 Å². The summed E-state index contributed by atoms with van der Waals surface area (Å²) < 4.78 is 0. The summed E-state index contributed by atoms with van der Waals surface area (Å²) in [5.74, 6) is 0. The number of nitriles is 1. The molecule has 1 N–H and O–H groups in total. The Morgan fingerprint density at radius 3 is 2.33 bits per heavy atom. The molecular weight excluding hydrogens is 294 g/mol. The Morgan fingerprint density at radius 1 is 0.958 bits per heavy atom. The molecule has 0 bridgehead atoms. The molecule has 0 aliphatic carbocycles. The molecule has 2 aromatic rings. The van der Waals surface area contributed by atoms with E-state index >= 15 is 0 Å². The zero-order valence-corrected chi connectivity index (χ0v) is 14.1. The first kappa shape index (κ1) is 16.7. The Bertz CT molecular complexity index is 652. The summed E-state index contributed by atoms with van der Waals surface area (Å²) in [7, 11) is 0. The van der Waals surface area contributed by atoms with Gasteiger partial charge in [-0.25, -0.2) is 0 Å². The number of hydrogen-bond acceptors (Lipinski definition) is 3. The highest BCUT2D eigenvalue weighted by atomic mass is 15.2. The highest BCUT2D eigenvalue weighted by Crippen LogP contribution is 2.17. The maximum absolute atomic E-state index is 8.96. The van der Waals surface area contributed by atoms with E-state index in [1.54, 1.807) is 0 Å². The van der Waals surface area contributed by atoms with Crippen molar-refractivity contribution in [2.75, 3.05) is 19.6 Å². The van der Waals surface area contributed by atoms with Gasteiger partial charge in [-0.1, -0.05) is 42.5 Å². The van der Waals surface area contributed by atoms with E-state index < -0.39 is 0 Å². The zero-order chi connectivity index (χ0) is 16.6. The topological polar surface area (TPSA) is 39.1 Å². The van der Waals surface area contributed by atoms with E-state index in [1.807, 2.05) is 12.1 Å². The number of rotatable bonds is 6. The predicted molar refractivity (Wildman–Crippen MR) is 97.6 cm³/mol. The summed E-state index contributed by atoms with van der Waals surface area (Å²) in [4.78, 5) is 2.62. The van der Waals surface area contributed by atoms with Crippen LogP contribution in [0.5, 0.6) is 0 Å². The molecule has 124 valence electrons. The maximum atomic E-state index is 8.96. The molecule has 2 aromatic carbocycles. The third-order valence-electron chi connectivity index (χ3n) is 4.82. The van der Waals surface area contributed by atoms with Crippen LogP contribution in [0.2, 0.25) is 0 Å². The Kier molecular flexibility index (Phi) is 6.01. The molecule has 1 aliphatic rings. The third kappa shape index (κ3) is 4.67. The number of piperidine rings is 1. The molecule has 1 aliphatic heterocycles. The zero-order valence-electron chi connectivity index (χ0n) is 14.1. The second-order valence-corrected chi connectivity index (χ2v) is 6.50. The first-order chi connectivity index (χ1) is 11.8. The van der Waals surface area contributed by atoms with Crippen LogP contribution in [-0.2, 0) is 13.0 Å². The Balaban J connectivity index is 1.67. The van der Waals surface area contributed by atoms with Gasteiger partial charge in [0.25, 0.3) is 0 Å². The molecule has 0 atom stereocenters. The lowest BCUT2D eigenvalue weighted by molar-refractivity contribution is 0.155. The van der Waals surface area contributed by atoms with Gasteiger partial charge in [0, 0.05) is 19.1 Å². The molecule has 0 unspecified atom stereocenters. The standard InChI is InChI=1S/C21H25N3/c22-16-19-6-8-20(9-7-19)17-24(21-10-13-23-14-11-21)15-12-18-4-2-1-3-5-18/h1-9,21,23H,10-15,17H2. The maximum Gasteiger partial charge on any atom is 0.0991 e. The molecule has 1 heterocycles. The fraction of sp³-hybridized carbons (Fsp3) is 0.381. The Hall–Kier alpha value is -2.15. The van der Waals surface area contributed by atoms with Crippen LogP contribution in [0.15, 0.2) is 54.6 Å². The van der Waals surface area contributed by atoms with E-state index in [0.29, 0.717) is 6.04 Å². The first-order valence-corrected chi connectivity index (χ1v) is 8.83. The van der Waals surface area contributed by atoms with Crippen LogP contribution in [-0.4, -0.2) is 30.6 Å². The quantitative estimate of drug-likeness (QED) is 0.887. The van der Waals surface area contributed by atoms with Crippen LogP contribution in [0.25, 0.3) is 0 Å². The normalized spacial score (nSPS) is 15.3. The summed E-state index contributed by atoms with van der Waals surface area (Å²) in [5, 5.41) is 12.4. The number of benzene rings is 2. The van der Waals surface area contributed by atoms with Gasteiger partial charge in [-0.2, -0.15) is 5.26 Å². The monoisotopic (exact) mass is 319 g/mol. The second-order valence-electron chi connectivity index (χ2n) is 6.50. The highest BCUT2D eigenvalue weighted by molar-refractivity contribution is 5.31. The average molecular weight is 319 g/mol. The Labute approximate surface area is 144 Å². The summed E-state index contributed by atoms with van der Waals surface area (Å²) in [6, 6.07) is 21.6. The van der Waals surface area contributed by atoms with Crippen molar-refractivity contribution in [2.24, 2.45) is 0 Å². The average Bonchev–Trinajstić information content (AvgIpc) is 2.67. The minimum absolute atomic E-state index is 0.644. The minimum atomic E-state index is 0.644. The first-order valence-electron chi connectivity index (χ1n) is 8.83. The van der Waals surface area contributed by atoms with Crippen LogP contribution >= 0.6 is 0 Å². The fourth-order valence-electron chi connectivity index (χ4n) is 3.40. The van der Waals surface area contributed by atoms with Crippen molar-refractivity contribution in [1.29, 1.82) is 5.26 Å². The molecule has 0 spiro atoms. The smallest absolute Gasteiger partial charge is 0.0991 e. The number of nitrogens with zero attached hydrogens (tertiary/aromatic N) is 2. The lowest BCUT2D eigenvalue weighted by Crippen LogP contribution is -2.43. The number of hydrogen-bond donors (Lipinski definition) is 1. The molecule has 0 radical (unpaired) electrons. The predicted octanol–water partition coefficient (Wildman–Crippen LogP) is 3.35. The van der Waals surface area contributed by atoms with Crippen molar-refractivity contribution in [3.63, 3.8) is 0 Å². The molecule has 3 heteroatoms. The number of nitrogens with one attached hydrogen (secondary N) is 1. The lowest BCUT2D eigenvalue weighted by Gasteiger charge is -2.35. The van der Waals surface area contributed by atoms with Gasteiger partial charge in [0.2, 0.25) is 0 Å². The van der Waals surface area contributed by atoms with Crippen LogP contribution in [0.3, 0.4) is 0 Å². The largest absolute Gasteiger partial charge is 0.317 e. The summed E-state index contributed by atoms with van der Waals surface area (Å²) in [6.45, 7) is 4.26. The van der Waals surface area contributed by atoms with Crippen LogP contribution in [0.1, 0.15) is 29.5 Å². The van der Waals surface area contributed by atoms with Crippen LogP contribution in [0.4, 0.5) is 0 Å². The van der Waals surface area contributed by atoms with Gasteiger partial charge in [-0.15, -0.1) is 0 Å². The van der Waals surface area contributed by atoms with Gasteiger partial charge in [0.05, 0.1) is 11.6 Å². The van der Waals surface area contributed by atoms with Crippen LogP contribution < -0.4 is 5.32 Å². The summed E-state index contributed by atoms with van der Waals surface area (Å²) in [5.41, 5.74) is 3.42. The highest BCUT2D eigenvalue weighted by Gasteiger charge is 2.20. The van der Waals surface area contributed by atoms with Crippen LogP contribution in [0, 0.1) is 11.3 Å². The molecule has 1 saturated heterocycles. The molecule has 3 rings (SSSR count). The molecule has 1 fully saturated rings. The van der Waals surface area contributed by atoms with Crippen molar-refractivity contribution in [3.8, 4) is 6.07 Å². The van der Waals surface area contributed by atoms with E-state index in [9.17, 15) is 0 Å². The van der Waals surface area contributed by atoms with Crippen molar-refractivity contribution in [3.05, 3.63) is 71.3 Å². The van der Waals surface area contributed by atoms with Gasteiger partial charge in [-0.05, 0) is 55.6 Å². The van der Waals surface area contributed by atoms with Crippen molar-refractivity contribution < 1.29 is 0 Å². The van der Waals surface area contributed by atoms with Gasteiger partial charge in [-0.3, -0.25) is 4.90 Å². The molecular formula is C21H25N3. The van der Waals surface area contributed by atoms with E-state index in [-0.39, 0.29) is 0 Å². The van der Waals surface area contributed by atoms with Crippen molar-refractivity contribution >= 4 is 0 Å². The van der Waals surface area contributed by atoms with Crippen molar-refractivity contribution in [1.82, 2.24) is 10.2 Å². The molecule has 24 heavy (non-hydrogen) atoms. The van der Waals surface area contributed by atoms with E-state index in [4.69, 9.17) is 5.26 Å². The van der Waals surface area contributed by atoms with Gasteiger partial charge in [0.15, 0.2) is 0 Å². The molecule has 0 aromatic heterocycles. The van der Waals surface area contributed by atoms with Crippen molar-refractivity contribution in [2.45, 2.75) is 31.8 Å². The molecule has 3 nitrogen and oxygen atoms in total. The Morgan fingerprint density at radius 2 is 1.67 bits per heavy atom. The molecule has 0 amide bonds. The summed E-state index contributed by atoms with van der Waals surface area (Å²) in [6.07, 6.45) is 3.51. The molecule has 0 saturated carbocycles. The lowest BCUT2D eigenvalue weighted by atomic mass is 10.0. The fourth-order valence-corrected chi connectivity index (χ4v) is 3.40. The van der Waals surface area contributed by atoms with E-state index in [2.05, 4.69) is 58.8 Å². The SMILES string of the molecule is N#Cc1ccc(CN(CCc2ccccc2)C2CCNCC2)cc1. The third-order valence-corrected chi connectivity index (χ3v) is 4.82. The van der Waals surface area contributed by atoms with Gasteiger partial charge < -0.3 is 5.32 Å². The van der Waals surface area contributed by atoms with E-state index in [1.165, 1.54) is 24.0 Å².